The van der Waals surface area contributed by atoms with Crippen molar-refractivity contribution in [2.75, 3.05) is 6.61 Å². The number of benzene rings is 2. The van der Waals surface area contributed by atoms with E-state index in [2.05, 4.69) is 5.32 Å². The molecule has 0 saturated carbocycles. The lowest BCUT2D eigenvalue weighted by atomic mass is 9.84. The lowest BCUT2D eigenvalue weighted by Crippen LogP contribution is -2.47. The van der Waals surface area contributed by atoms with Crippen LogP contribution in [0.3, 0.4) is 0 Å². The summed E-state index contributed by atoms with van der Waals surface area (Å²) in [6, 6.07) is 7.36. The molecule has 33 heavy (non-hydrogen) atoms. The van der Waals surface area contributed by atoms with Crippen LogP contribution in [0.25, 0.3) is 0 Å². The molecule has 2 atom stereocenters. The van der Waals surface area contributed by atoms with Crippen LogP contribution >= 0.6 is 11.8 Å². The van der Waals surface area contributed by atoms with Crippen LogP contribution in [0, 0.1) is 20.8 Å². The van der Waals surface area contributed by atoms with Crippen LogP contribution in [0.1, 0.15) is 52.4 Å². The minimum atomic E-state index is -0.803. The summed E-state index contributed by atoms with van der Waals surface area (Å²) >= 11 is 1.01. The molecule has 0 bridgehead atoms. The normalized spacial score (nSPS) is 22.1. The molecule has 0 radical (unpaired) electrons. The quantitative estimate of drug-likeness (QED) is 0.646. The summed E-state index contributed by atoms with van der Waals surface area (Å²) in [6.07, 6.45) is 1.21. The van der Waals surface area contributed by atoms with Crippen molar-refractivity contribution in [2.45, 2.75) is 57.8 Å². The van der Waals surface area contributed by atoms with E-state index in [-0.39, 0.29) is 35.7 Å². The van der Waals surface area contributed by atoms with E-state index in [0.717, 1.165) is 22.9 Å². The Balaban J connectivity index is 1.48. The predicted molar refractivity (Wildman–Crippen MR) is 125 cm³/mol. The largest absolute Gasteiger partial charge is 0.507 e. The first kappa shape index (κ1) is 23.2. The molecule has 0 aromatic heterocycles. The molecule has 1 saturated heterocycles. The Bertz CT molecular complexity index is 1140. The molecule has 0 spiro atoms. The molecule has 2 aliphatic heterocycles. The zero-order chi connectivity index (χ0) is 23.9. The van der Waals surface area contributed by atoms with Gasteiger partial charge in [-0.3, -0.25) is 19.7 Å². The Morgan fingerprint density at radius 2 is 1.82 bits per heavy atom. The van der Waals surface area contributed by atoms with E-state index in [1.807, 2.05) is 45.0 Å². The lowest BCUT2D eigenvalue weighted by molar-refractivity contribution is -0.118. The molecule has 2 unspecified atom stereocenters. The highest BCUT2D eigenvalue weighted by molar-refractivity contribution is 8.15. The Labute approximate surface area is 196 Å². The third-order valence-electron chi connectivity index (χ3n) is 6.55. The fourth-order valence-electron chi connectivity index (χ4n) is 4.26. The van der Waals surface area contributed by atoms with Gasteiger partial charge in [0, 0.05) is 5.56 Å². The summed E-state index contributed by atoms with van der Waals surface area (Å²) in [5, 5.41) is 11.9. The summed E-state index contributed by atoms with van der Waals surface area (Å²) in [7, 11) is 0. The topological polar surface area (TPSA) is 102 Å². The van der Waals surface area contributed by atoms with E-state index >= 15 is 0 Å². The minimum absolute atomic E-state index is 0.0603. The van der Waals surface area contributed by atoms with E-state index < -0.39 is 10.9 Å². The zero-order valence-corrected chi connectivity index (χ0v) is 19.9. The molecule has 0 aliphatic carbocycles. The number of phenols is 1. The van der Waals surface area contributed by atoms with Crippen molar-refractivity contribution in [3.05, 3.63) is 52.1 Å². The highest BCUT2D eigenvalue weighted by Gasteiger charge is 2.42. The van der Waals surface area contributed by atoms with Crippen molar-refractivity contribution in [1.82, 2.24) is 5.32 Å². The molecule has 1 fully saturated rings. The average Bonchev–Trinajstić information content (AvgIpc) is 3.11. The number of amides is 2. The SMILES string of the molecule is CCC1(COc2ccc(CC3SC(=O)NC3=O)cc2)CC(=O)c2c(C)c(O)c(C)c(C)c2O1. The molecule has 7 nitrogen and oxygen atoms in total. The Hall–Kier alpha value is -3.00. The molecule has 2 aliphatic rings. The summed E-state index contributed by atoms with van der Waals surface area (Å²) < 4.78 is 12.4. The van der Waals surface area contributed by atoms with Crippen LogP contribution in [-0.4, -0.2) is 39.5 Å². The van der Waals surface area contributed by atoms with E-state index in [0.29, 0.717) is 41.0 Å². The summed E-state index contributed by atoms with van der Waals surface area (Å²) in [6.45, 7) is 7.56. The van der Waals surface area contributed by atoms with Crippen molar-refractivity contribution in [3.8, 4) is 17.2 Å². The smallest absolute Gasteiger partial charge is 0.286 e. The van der Waals surface area contributed by atoms with E-state index in [1.54, 1.807) is 6.92 Å². The highest BCUT2D eigenvalue weighted by Crippen LogP contribution is 2.44. The number of hydrogen-bond donors (Lipinski definition) is 2. The summed E-state index contributed by atoms with van der Waals surface area (Å²) in [5.74, 6) is 0.976. The van der Waals surface area contributed by atoms with Crippen molar-refractivity contribution in [3.63, 3.8) is 0 Å². The van der Waals surface area contributed by atoms with Gasteiger partial charge in [0.15, 0.2) is 5.78 Å². The maximum atomic E-state index is 13.1. The van der Waals surface area contributed by atoms with Crippen molar-refractivity contribution >= 4 is 28.7 Å². The van der Waals surface area contributed by atoms with Crippen LogP contribution in [0.5, 0.6) is 17.2 Å². The Kier molecular flexibility index (Phi) is 6.14. The molecular formula is C25H27NO6S. The van der Waals surface area contributed by atoms with Gasteiger partial charge in [-0.2, -0.15) is 0 Å². The first-order valence-electron chi connectivity index (χ1n) is 10.9. The number of hydrogen-bond acceptors (Lipinski definition) is 7. The van der Waals surface area contributed by atoms with Gasteiger partial charge in [0.1, 0.15) is 29.5 Å². The Morgan fingerprint density at radius 1 is 1.12 bits per heavy atom. The van der Waals surface area contributed by atoms with Crippen LogP contribution in [0.15, 0.2) is 24.3 Å². The highest BCUT2D eigenvalue weighted by atomic mass is 32.2. The maximum absolute atomic E-state index is 13.1. The number of ketones is 1. The van der Waals surface area contributed by atoms with Gasteiger partial charge in [0.25, 0.3) is 5.24 Å². The number of thioether (sulfide) groups is 1. The molecule has 2 aromatic rings. The number of imide groups is 1. The first-order valence-corrected chi connectivity index (χ1v) is 11.8. The molecular weight excluding hydrogens is 442 g/mol. The third-order valence-corrected chi connectivity index (χ3v) is 7.53. The number of rotatable bonds is 6. The van der Waals surface area contributed by atoms with Crippen molar-refractivity contribution < 1.29 is 29.0 Å². The van der Waals surface area contributed by atoms with Crippen LogP contribution in [-0.2, 0) is 11.2 Å². The minimum Gasteiger partial charge on any atom is -0.507 e. The number of phenolic OH excluding ortho intramolecular Hbond substituents is 1. The molecule has 8 heteroatoms. The number of nitrogens with one attached hydrogen (secondary N) is 1. The zero-order valence-electron chi connectivity index (χ0n) is 19.1. The summed E-state index contributed by atoms with van der Waals surface area (Å²) in [4.78, 5) is 36.2. The second-order valence-electron chi connectivity index (χ2n) is 8.69. The van der Waals surface area contributed by atoms with E-state index in [9.17, 15) is 19.5 Å². The van der Waals surface area contributed by atoms with Gasteiger partial charge in [-0.15, -0.1) is 0 Å². The van der Waals surface area contributed by atoms with Gasteiger partial charge in [0.2, 0.25) is 5.91 Å². The number of aromatic hydroxyl groups is 1. The maximum Gasteiger partial charge on any atom is 0.286 e. The number of fused-ring (bicyclic) bond motifs is 1. The molecule has 2 amide bonds. The lowest BCUT2D eigenvalue weighted by Gasteiger charge is -2.38. The molecule has 2 heterocycles. The fourth-order valence-corrected chi connectivity index (χ4v) is 5.12. The predicted octanol–water partition coefficient (Wildman–Crippen LogP) is 4.40. The monoisotopic (exact) mass is 469 g/mol. The average molecular weight is 470 g/mol. The second kappa shape index (κ2) is 8.74. The van der Waals surface area contributed by atoms with Crippen LogP contribution < -0.4 is 14.8 Å². The number of ether oxygens (including phenoxy) is 2. The number of carbonyl (C=O) groups is 3. The Morgan fingerprint density at radius 3 is 2.42 bits per heavy atom. The summed E-state index contributed by atoms with van der Waals surface area (Å²) in [5.41, 5.74) is 2.59. The third kappa shape index (κ3) is 4.31. The van der Waals surface area contributed by atoms with Gasteiger partial charge in [-0.1, -0.05) is 30.8 Å². The van der Waals surface area contributed by atoms with Crippen molar-refractivity contribution in [2.24, 2.45) is 0 Å². The van der Waals surface area contributed by atoms with Crippen LogP contribution in [0.2, 0.25) is 0 Å². The van der Waals surface area contributed by atoms with E-state index in [4.69, 9.17) is 9.47 Å². The van der Waals surface area contributed by atoms with Gasteiger partial charge in [-0.25, -0.2) is 0 Å². The van der Waals surface area contributed by atoms with Gasteiger partial charge in [-0.05, 0) is 62.4 Å². The van der Waals surface area contributed by atoms with Gasteiger partial charge in [0.05, 0.1) is 17.2 Å². The van der Waals surface area contributed by atoms with Gasteiger partial charge < -0.3 is 14.6 Å². The number of carbonyl (C=O) groups excluding carboxylic acids is 3. The van der Waals surface area contributed by atoms with Crippen molar-refractivity contribution in [1.29, 1.82) is 0 Å². The molecule has 174 valence electrons. The standard InChI is InChI=1S/C25H27NO6S/c1-5-25(11-18(27)20-15(4)21(28)13(2)14(3)22(20)32-25)12-31-17-8-6-16(7-9-17)10-19-23(29)26-24(30)33-19/h6-9,19,28H,5,10-12H2,1-4H3,(H,26,29,30). The molecule has 2 aromatic carbocycles. The molecule has 4 rings (SSSR count). The molecule has 2 N–H and O–H groups in total. The van der Waals surface area contributed by atoms with Crippen LogP contribution in [0.4, 0.5) is 4.79 Å². The van der Waals surface area contributed by atoms with E-state index in [1.165, 1.54) is 0 Å². The number of Topliss-reactive ketones (excluding diaryl/α,β-unsaturated/α-hetero) is 1. The first-order chi connectivity index (χ1) is 15.6. The fraction of sp³-hybridized carbons (Fsp3) is 0.400. The van der Waals surface area contributed by atoms with Gasteiger partial charge >= 0.3 is 0 Å². The second-order valence-corrected chi connectivity index (χ2v) is 9.86.